The van der Waals surface area contributed by atoms with Gasteiger partial charge >= 0.3 is 0 Å². The van der Waals surface area contributed by atoms with Crippen molar-refractivity contribution in [2.24, 2.45) is 5.84 Å². The predicted octanol–water partition coefficient (Wildman–Crippen LogP) is 2.65. The highest BCUT2D eigenvalue weighted by molar-refractivity contribution is 5.59. The van der Waals surface area contributed by atoms with Crippen molar-refractivity contribution in [2.75, 3.05) is 23.2 Å². The highest BCUT2D eigenvalue weighted by atomic mass is 16.5. The van der Waals surface area contributed by atoms with E-state index < -0.39 is 0 Å². The van der Waals surface area contributed by atoms with Gasteiger partial charge in [0.15, 0.2) is 0 Å². The van der Waals surface area contributed by atoms with E-state index in [9.17, 15) is 0 Å². The quantitative estimate of drug-likeness (QED) is 0.405. The lowest BCUT2D eigenvalue weighted by atomic mass is 10.3. The van der Waals surface area contributed by atoms with E-state index in [-0.39, 0.29) is 5.95 Å². The molecule has 0 radical (unpaired) electrons. The van der Waals surface area contributed by atoms with Crippen molar-refractivity contribution in [3.63, 3.8) is 0 Å². The summed E-state index contributed by atoms with van der Waals surface area (Å²) in [6, 6.07) is 17.0. The molecule has 0 amide bonds. The van der Waals surface area contributed by atoms with Gasteiger partial charge in [0.1, 0.15) is 5.75 Å². The number of rotatable bonds is 6. The predicted molar refractivity (Wildman–Crippen MR) is 93.6 cm³/mol. The SMILES string of the molecule is COc1ccc(Nc2nc(NN)nc(Nc3ccccc3)n2)cc1. The minimum absolute atomic E-state index is 0.249. The topological polar surface area (TPSA) is 110 Å². The summed E-state index contributed by atoms with van der Waals surface area (Å²) < 4.78 is 5.14. The number of anilines is 5. The Morgan fingerprint density at radius 3 is 1.83 bits per heavy atom. The second-order valence-electron chi connectivity index (χ2n) is 4.80. The van der Waals surface area contributed by atoms with E-state index in [0.29, 0.717) is 11.9 Å². The molecule has 0 atom stereocenters. The van der Waals surface area contributed by atoms with Crippen LogP contribution < -0.4 is 26.6 Å². The van der Waals surface area contributed by atoms with Gasteiger partial charge in [-0.05, 0) is 36.4 Å². The van der Waals surface area contributed by atoms with Crippen LogP contribution in [0, 0.1) is 0 Å². The Balaban J connectivity index is 1.82. The van der Waals surface area contributed by atoms with Crippen LogP contribution in [-0.2, 0) is 0 Å². The first-order chi connectivity index (χ1) is 11.8. The number of methoxy groups -OCH3 is 1. The molecule has 0 aliphatic rings. The molecule has 24 heavy (non-hydrogen) atoms. The highest BCUT2D eigenvalue weighted by Crippen LogP contribution is 2.20. The van der Waals surface area contributed by atoms with Crippen molar-refractivity contribution in [3.05, 3.63) is 54.6 Å². The Morgan fingerprint density at radius 1 is 0.750 bits per heavy atom. The monoisotopic (exact) mass is 323 g/mol. The average molecular weight is 323 g/mol. The number of nitrogens with one attached hydrogen (secondary N) is 3. The molecule has 3 aromatic rings. The molecule has 0 saturated carbocycles. The molecule has 8 heteroatoms. The van der Waals surface area contributed by atoms with Crippen molar-refractivity contribution in [2.45, 2.75) is 0 Å². The van der Waals surface area contributed by atoms with Gasteiger partial charge in [-0.15, -0.1) is 0 Å². The van der Waals surface area contributed by atoms with Crippen LogP contribution in [0.4, 0.5) is 29.2 Å². The molecule has 3 rings (SSSR count). The third kappa shape index (κ3) is 3.87. The first-order valence-electron chi connectivity index (χ1n) is 7.22. The molecule has 122 valence electrons. The maximum absolute atomic E-state index is 5.44. The van der Waals surface area contributed by atoms with E-state index in [2.05, 4.69) is 31.0 Å². The minimum atomic E-state index is 0.249. The normalized spacial score (nSPS) is 10.1. The van der Waals surface area contributed by atoms with Gasteiger partial charge in [-0.1, -0.05) is 18.2 Å². The number of hydrogen-bond donors (Lipinski definition) is 4. The van der Waals surface area contributed by atoms with Crippen molar-refractivity contribution >= 4 is 29.2 Å². The summed E-state index contributed by atoms with van der Waals surface area (Å²) in [5.41, 5.74) is 4.11. The number of hydrogen-bond acceptors (Lipinski definition) is 8. The lowest BCUT2D eigenvalue weighted by Gasteiger charge is -2.10. The molecule has 0 aliphatic heterocycles. The van der Waals surface area contributed by atoms with Crippen molar-refractivity contribution in [3.8, 4) is 5.75 Å². The zero-order chi connectivity index (χ0) is 16.8. The zero-order valence-electron chi connectivity index (χ0n) is 13.0. The fraction of sp³-hybridized carbons (Fsp3) is 0.0625. The maximum Gasteiger partial charge on any atom is 0.243 e. The molecule has 0 saturated heterocycles. The Morgan fingerprint density at radius 2 is 1.29 bits per heavy atom. The zero-order valence-corrected chi connectivity index (χ0v) is 13.0. The van der Waals surface area contributed by atoms with Gasteiger partial charge in [0.2, 0.25) is 17.8 Å². The summed E-state index contributed by atoms with van der Waals surface area (Å²) >= 11 is 0. The smallest absolute Gasteiger partial charge is 0.243 e. The number of hydrazine groups is 1. The molecule has 5 N–H and O–H groups in total. The van der Waals surface area contributed by atoms with Gasteiger partial charge in [0, 0.05) is 11.4 Å². The summed E-state index contributed by atoms with van der Waals surface area (Å²) in [5.74, 6) is 7.19. The maximum atomic E-state index is 5.44. The molecule has 0 spiro atoms. The first kappa shape index (κ1) is 15.5. The Hall–Kier alpha value is -3.39. The van der Waals surface area contributed by atoms with Crippen molar-refractivity contribution in [1.82, 2.24) is 15.0 Å². The Kier molecular flexibility index (Phi) is 4.68. The van der Waals surface area contributed by atoms with Gasteiger partial charge in [0.05, 0.1) is 7.11 Å². The lowest BCUT2D eigenvalue weighted by molar-refractivity contribution is 0.415. The molecule has 1 aromatic heterocycles. The summed E-state index contributed by atoms with van der Waals surface area (Å²) in [7, 11) is 1.62. The number of benzene rings is 2. The number of nitrogens with two attached hydrogens (primary N) is 1. The summed E-state index contributed by atoms with van der Waals surface area (Å²) in [4.78, 5) is 12.7. The van der Waals surface area contributed by atoms with Crippen molar-refractivity contribution in [1.29, 1.82) is 0 Å². The largest absolute Gasteiger partial charge is 0.497 e. The van der Waals surface area contributed by atoms with E-state index in [0.717, 1.165) is 17.1 Å². The minimum Gasteiger partial charge on any atom is -0.497 e. The van der Waals surface area contributed by atoms with Crippen LogP contribution >= 0.6 is 0 Å². The fourth-order valence-corrected chi connectivity index (χ4v) is 2.01. The molecular weight excluding hydrogens is 306 g/mol. The molecule has 2 aromatic carbocycles. The molecule has 1 heterocycles. The number of ether oxygens (including phenoxy) is 1. The van der Waals surface area contributed by atoms with Crippen LogP contribution in [0.25, 0.3) is 0 Å². The summed E-state index contributed by atoms with van der Waals surface area (Å²) in [5, 5.41) is 6.21. The van der Waals surface area contributed by atoms with E-state index in [1.807, 2.05) is 54.6 Å². The molecule has 0 unspecified atom stereocenters. The number of para-hydroxylation sites is 1. The standard InChI is InChI=1S/C16H17N7O/c1-24-13-9-7-12(8-10-13)19-15-20-14(21-16(22-15)23-17)18-11-5-3-2-4-6-11/h2-10H,17H2,1H3,(H3,18,19,20,21,22,23). The lowest BCUT2D eigenvalue weighted by Crippen LogP contribution is -2.13. The summed E-state index contributed by atoms with van der Waals surface area (Å²) in [6.45, 7) is 0. The third-order valence-corrected chi connectivity index (χ3v) is 3.14. The first-order valence-corrected chi connectivity index (χ1v) is 7.22. The van der Waals surface area contributed by atoms with Gasteiger partial charge < -0.3 is 15.4 Å². The number of nitrogens with zero attached hydrogens (tertiary/aromatic N) is 3. The molecular formula is C16H17N7O. The van der Waals surface area contributed by atoms with Crippen LogP contribution in [0.15, 0.2) is 54.6 Å². The van der Waals surface area contributed by atoms with Crippen LogP contribution in [0.3, 0.4) is 0 Å². The Bertz CT molecular complexity index is 793. The fourth-order valence-electron chi connectivity index (χ4n) is 2.01. The second-order valence-corrected chi connectivity index (χ2v) is 4.80. The van der Waals surface area contributed by atoms with E-state index in [4.69, 9.17) is 10.6 Å². The van der Waals surface area contributed by atoms with E-state index in [1.54, 1.807) is 7.11 Å². The van der Waals surface area contributed by atoms with E-state index in [1.165, 1.54) is 0 Å². The van der Waals surface area contributed by atoms with Crippen LogP contribution in [-0.4, -0.2) is 22.1 Å². The number of aromatic nitrogens is 3. The molecule has 0 bridgehead atoms. The summed E-state index contributed by atoms with van der Waals surface area (Å²) in [6.07, 6.45) is 0. The Labute approximate surface area is 139 Å². The van der Waals surface area contributed by atoms with Gasteiger partial charge in [-0.2, -0.15) is 15.0 Å². The number of nitrogen functional groups attached to an aromatic ring is 1. The van der Waals surface area contributed by atoms with Gasteiger partial charge in [-0.3, -0.25) is 5.43 Å². The third-order valence-electron chi connectivity index (χ3n) is 3.14. The van der Waals surface area contributed by atoms with Gasteiger partial charge in [-0.25, -0.2) is 5.84 Å². The van der Waals surface area contributed by atoms with Crippen LogP contribution in [0.5, 0.6) is 5.75 Å². The average Bonchev–Trinajstić information content (AvgIpc) is 2.63. The van der Waals surface area contributed by atoms with Crippen molar-refractivity contribution < 1.29 is 4.74 Å². The second kappa shape index (κ2) is 7.25. The van der Waals surface area contributed by atoms with Crippen LogP contribution in [0.2, 0.25) is 0 Å². The highest BCUT2D eigenvalue weighted by Gasteiger charge is 2.07. The molecule has 0 fully saturated rings. The molecule has 0 aliphatic carbocycles. The molecule has 8 nitrogen and oxygen atoms in total. The van der Waals surface area contributed by atoms with Gasteiger partial charge in [0.25, 0.3) is 0 Å². The van der Waals surface area contributed by atoms with E-state index >= 15 is 0 Å². The van der Waals surface area contributed by atoms with Crippen LogP contribution in [0.1, 0.15) is 0 Å².